The van der Waals surface area contributed by atoms with E-state index in [4.69, 9.17) is 0 Å². The third-order valence-corrected chi connectivity index (χ3v) is 4.83. The average molecular weight is 459 g/mol. The predicted octanol–water partition coefficient (Wildman–Crippen LogP) is 5.61. The number of amides is 1. The van der Waals surface area contributed by atoms with Crippen LogP contribution in [0, 0.1) is 13.8 Å². The topological polar surface area (TPSA) is 29.1 Å². The third-order valence-electron chi connectivity index (χ3n) is 4.83. The van der Waals surface area contributed by atoms with Gasteiger partial charge in [0.2, 0.25) is 0 Å². The van der Waals surface area contributed by atoms with Crippen LogP contribution in [0.3, 0.4) is 0 Å². The zero-order chi connectivity index (χ0) is 24.5. The van der Waals surface area contributed by atoms with Crippen LogP contribution in [0.2, 0.25) is 0 Å². The minimum Gasteiger partial charge on any atom is -0.322 e. The van der Waals surface area contributed by atoms with Crippen molar-refractivity contribution in [3.8, 4) is 0 Å². The largest absolute Gasteiger partial charge is 0.435 e. The van der Waals surface area contributed by atoms with E-state index in [1.54, 1.807) is 31.2 Å². The van der Waals surface area contributed by atoms with Crippen LogP contribution in [0.25, 0.3) is 12.7 Å². The van der Waals surface area contributed by atoms with Gasteiger partial charge >= 0.3 is 18.0 Å². The molecule has 0 saturated carbocycles. The number of rotatable bonds is 4. The molecule has 0 aliphatic carbocycles. The van der Waals surface area contributed by atoms with Gasteiger partial charge in [-0.1, -0.05) is 43.0 Å². The maximum atomic E-state index is 14.4. The number of halogens is 7. The van der Waals surface area contributed by atoms with E-state index in [-0.39, 0.29) is 22.4 Å². The van der Waals surface area contributed by atoms with Crippen LogP contribution in [-0.2, 0) is 5.67 Å². The summed E-state index contributed by atoms with van der Waals surface area (Å²) in [5.74, 6) is -0.641. The summed E-state index contributed by atoms with van der Waals surface area (Å²) in [6.07, 6.45) is -7.20. The number of hydrogen-bond donors (Lipinski definition) is 1. The summed E-state index contributed by atoms with van der Waals surface area (Å²) in [6.45, 7) is 8.01. The van der Waals surface area contributed by atoms with E-state index in [9.17, 15) is 35.5 Å². The van der Waals surface area contributed by atoms with Gasteiger partial charge in [-0.15, -0.1) is 0 Å². The molecule has 32 heavy (non-hydrogen) atoms. The Hall–Kier alpha value is -3.10. The number of benzene rings is 2. The summed E-state index contributed by atoms with van der Waals surface area (Å²) >= 11 is 0. The fraction of sp³-hybridized carbons (Fsp3) is 0.261. The molecule has 0 aliphatic heterocycles. The van der Waals surface area contributed by atoms with Gasteiger partial charge in [0, 0.05) is 16.8 Å². The molecule has 0 spiro atoms. The zero-order valence-corrected chi connectivity index (χ0v) is 17.4. The van der Waals surface area contributed by atoms with E-state index in [2.05, 4.69) is 11.9 Å². The lowest BCUT2D eigenvalue weighted by molar-refractivity contribution is -0.348. The van der Waals surface area contributed by atoms with Crippen molar-refractivity contribution < 1.29 is 35.5 Å². The number of nitrogens with one attached hydrogen (secondary N) is 1. The van der Waals surface area contributed by atoms with E-state index >= 15 is 0 Å². The summed E-state index contributed by atoms with van der Waals surface area (Å²) in [5, 5.41) is 3.78. The number of anilines is 1. The second kappa shape index (κ2) is 8.80. The molecule has 2 rings (SSSR count). The molecule has 0 aliphatic rings. The van der Waals surface area contributed by atoms with Gasteiger partial charge in [-0.25, -0.2) is 4.39 Å². The number of carbonyl (C=O) groups excluding carboxylic acids is 1. The van der Waals surface area contributed by atoms with E-state index < -0.39 is 29.5 Å². The second-order valence-corrected chi connectivity index (χ2v) is 7.20. The van der Waals surface area contributed by atoms with Crippen molar-refractivity contribution in [2.75, 3.05) is 5.32 Å². The smallest absolute Gasteiger partial charge is 0.322 e. The Bertz CT molecular complexity index is 1120. The van der Waals surface area contributed by atoms with Crippen molar-refractivity contribution in [1.29, 1.82) is 0 Å². The molecule has 0 atom stereocenters. The highest BCUT2D eigenvalue weighted by Gasteiger charge is 2.73. The Morgan fingerprint density at radius 3 is 1.94 bits per heavy atom. The van der Waals surface area contributed by atoms with Crippen LogP contribution in [0.4, 0.5) is 36.4 Å². The molecule has 0 fully saturated rings. The van der Waals surface area contributed by atoms with Crippen LogP contribution in [0.5, 0.6) is 0 Å². The van der Waals surface area contributed by atoms with Crippen LogP contribution in [-0.4, -0.2) is 18.3 Å². The minimum absolute atomic E-state index is 0.0110. The Morgan fingerprint density at radius 1 is 0.938 bits per heavy atom. The molecule has 0 heterocycles. The first kappa shape index (κ1) is 25.2. The summed E-state index contributed by atoms with van der Waals surface area (Å²) < 4.78 is 92.8. The minimum atomic E-state index is -6.22. The molecule has 9 heteroatoms. The average Bonchev–Trinajstić information content (AvgIpc) is 2.67. The molecular weight excluding hydrogens is 439 g/mol. The summed E-state index contributed by atoms with van der Waals surface area (Å²) in [5.41, 5.74) is -7.27. The molecule has 0 unspecified atom stereocenters. The first-order valence-electron chi connectivity index (χ1n) is 9.31. The van der Waals surface area contributed by atoms with Crippen LogP contribution in [0.15, 0.2) is 42.5 Å². The second-order valence-electron chi connectivity index (χ2n) is 7.20. The lowest BCUT2D eigenvalue weighted by Gasteiger charge is -2.31. The highest BCUT2D eigenvalue weighted by molar-refractivity contribution is 6.05. The van der Waals surface area contributed by atoms with Crippen molar-refractivity contribution in [2.45, 2.75) is 38.8 Å². The fourth-order valence-corrected chi connectivity index (χ4v) is 3.12. The van der Waals surface area contributed by atoms with Crippen molar-refractivity contribution in [3.05, 3.63) is 75.2 Å². The van der Waals surface area contributed by atoms with Gasteiger partial charge in [-0.2, -0.15) is 26.3 Å². The molecule has 2 aromatic rings. The van der Waals surface area contributed by atoms with Crippen LogP contribution in [0.1, 0.15) is 34.0 Å². The van der Waals surface area contributed by atoms with E-state index in [0.717, 1.165) is 0 Å². The van der Waals surface area contributed by atoms with Gasteiger partial charge in [0.1, 0.15) is 0 Å². The molecule has 0 radical (unpaired) electrons. The zero-order valence-electron chi connectivity index (χ0n) is 17.4. The van der Waals surface area contributed by atoms with Crippen LogP contribution >= 0.6 is 0 Å². The molecule has 0 aromatic heterocycles. The predicted molar refractivity (Wildman–Crippen MR) is 109 cm³/mol. The molecule has 172 valence electrons. The van der Waals surface area contributed by atoms with E-state index in [1.807, 2.05) is 0 Å². The van der Waals surface area contributed by atoms with Gasteiger partial charge in [0.25, 0.3) is 5.91 Å². The SMILES string of the molecule is C=c1ccc(C(=O)Nc2c(C)cc(C(F)(C(F)(F)F)C(F)(F)F)cc2C)c/c1=C/C=C\C. The molecule has 1 N–H and O–H groups in total. The molecule has 0 bridgehead atoms. The number of allylic oxidation sites excluding steroid dienone is 2. The molecule has 2 nitrogen and oxygen atoms in total. The van der Waals surface area contributed by atoms with Crippen molar-refractivity contribution in [3.63, 3.8) is 0 Å². The Morgan fingerprint density at radius 2 is 1.47 bits per heavy atom. The van der Waals surface area contributed by atoms with Gasteiger partial charge in [-0.3, -0.25) is 4.79 Å². The van der Waals surface area contributed by atoms with Gasteiger partial charge in [0.05, 0.1) is 0 Å². The first-order valence-corrected chi connectivity index (χ1v) is 9.31. The van der Waals surface area contributed by atoms with Gasteiger partial charge < -0.3 is 5.32 Å². The summed E-state index contributed by atoms with van der Waals surface area (Å²) in [6, 6.07) is 5.49. The quantitative estimate of drug-likeness (QED) is 0.592. The summed E-state index contributed by atoms with van der Waals surface area (Å²) in [4.78, 5) is 12.7. The normalized spacial score (nSPS) is 13.6. The lowest BCUT2D eigenvalue weighted by Crippen LogP contribution is -2.50. The standard InChI is InChI=1S/C23H20F7NO/c1-5-6-7-16-12-17(9-8-13(16)2)20(32)31-19-14(3)10-18(11-15(19)4)21(24,22(25,26)27)23(28,29)30/h5-12H,2H2,1,3-4H3,(H,31,32)/b6-5-,16-7-. The summed E-state index contributed by atoms with van der Waals surface area (Å²) in [7, 11) is 0. The van der Waals surface area contributed by atoms with Crippen LogP contribution < -0.4 is 15.8 Å². The number of hydrogen-bond acceptors (Lipinski definition) is 1. The Labute approximate surface area is 179 Å². The lowest BCUT2D eigenvalue weighted by atomic mass is 9.90. The number of aryl methyl sites for hydroxylation is 2. The molecule has 2 aromatic carbocycles. The number of carbonyl (C=O) groups is 1. The van der Waals surface area contributed by atoms with Gasteiger partial charge in [0.15, 0.2) is 0 Å². The highest BCUT2D eigenvalue weighted by atomic mass is 19.4. The Kier molecular flexibility index (Phi) is 6.92. The molecule has 0 saturated heterocycles. The van der Waals surface area contributed by atoms with Gasteiger partial charge in [-0.05, 0) is 54.5 Å². The number of alkyl halides is 7. The molecule has 1 amide bonds. The van der Waals surface area contributed by atoms with Crippen molar-refractivity contribution >= 4 is 24.2 Å². The van der Waals surface area contributed by atoms with Crippen molar-refractivity contribution in [1.82, 2.24) is 0 Å². The Balaban J connectivity index is 2.50. The monoisotopic (exact) mass is 459 g/mol. The maximum Gasteiger partial charge on any atom is 0.435 e. The maximum absolute atomic E-state index is 14.4. The third kappa shape index (κ3) is 4.71. The highest BCUT2D eigenvalue weighted by Crippen LogP contribution is 2.53. The van der Waals surface area contributed by atoms with Crippen molar-refractivity contribution in [2.24, 2.45) is 0 Å². The first-order chi connectivity index (χ1) is 14.6. The fourth-order valence-electron chi connectivity index (χ4n) is 3.12. The van der Waals surface area contributed by atoms with E-state index in [0.29, 0.717) is 22.6 Å². The van der Waals surface area contributed by atoms with E-state index in [1.165, 1.54) is 26.0 Å². The molecular formula is C23H20F7NO.